The molecule has 29 heavy (non-hydrogen) atoms. The molecule has 3 aromatic rings. The summed E-state index contributed by atoms with van der Waals surface area (Å²) in [5, 5.41) is 10.5. The van der Waals surface area contributed by atoms with Crippen molar-refractivity contribution >= 4 is 23.3 Å². The van der Waals surface area contributed by atoms with Crippen molar-refractivity contribution in [2.75, 3.05) is 10.6 Å². The summed E-state index contributed by atoms with van der Waals surface area (Å²) in [5.41, 5.74) is 6.10. The summed E-state index contributed by atoms with van der Waals surface area (Å²) in [6.45, 7) is 6.14. The molecular formula is C23H24N4O2. The molecule has 0 saturated carbocycles. The summed E-state index contributed by atoms with van der Waals surface area (Å²) in [4.78, 5) is 23.7. The van der Waals surface area contributed by atoms with Gasteiger partial charge in [0, 0.05) is 30.5 Å². The molecule has 2 N–H and O–H groups in total. The first-order valence-electron chi connectivity index (χ1n) is 9.71. The van der Waals surface area contributed by atoms with E-state index in [1.165, 1.54) is 12.5 Å². The number of benzene rings is 2. The summed E-state index contributed by atoms with van der Waals surface area (Å²) < 4.78 is 1.88. The molecule has 2 heterocycles. The second-order valence-corrected chi connectivity index (χ2v) is 7.60. The molecule has 6 nitrogen and oxygen atoms in total. The van der Waals surface area contributed by atoms with Crippen molar-refractivity contribution < 1.29 is 9.59 Å². The number of hydrogen-bond acceptors (Lipinski definition) is 3. The lowest BCUT2D eigenvalue weighted by Crippen LogP contribution is -2.25. The van der Waals surface area contributed by atoms with Crippen molar-refractivity contribution in [2.45, 2.75) is 39.7 Å². The van der Waals surface area contributed by atoms with E-state index >= 15 is 0 Å². The van der Waals surface area contributed by atoms with Crippen molar-refractivity contribution in [1.82, 2.24) is 9.78 Å². The molecule has 1 aliphatic heterocycles. The highest BCUT2D eigenvalue weighted by atomic mass is 16.2. The Morgan fingerprint density at radius 1 is 1.21 bits per heavy atom. The van der Waals surface area contributed by atoms with Crippen LogP contribution >= 0.6 is 0 Å². The van der Waals surface area contributed by atoms with E-state index in [0.717, 1.165) is 33.9 Å². The Balaban J connectivity index is 1.69. The van der Waals surface area contributed by atoms with Gasteiger partial charge in [0.2, 0.25) is 11.8 Å². The predicted octanol–water partition coefficient (Wildman–Crippen LogP) is 3.98. The summed E-state index contributed by atoms with van der Waals surface area (Å²) in [5.74, 6) is 0.594. The Kier molecular flexibility index (Phi) is 4.92. The maximum atomic E-state index is 12.5. The third kappa shape index (κ3) is 3.92. The molecule has 0 fully saturated rings. The van der Waals surface area contributed by atoms with Gasteiger partial charge in [-0.15, -0.1) is 0 Å². The first kappa shape index (κ1) is 18.9. The topological polar surface area (TPSA) is 76.0 Å². The standard InChI is InChI=1S/C23H24N4O2/c1-14-5-4-6-17(11-14)13-27-23-22(15(2)26-27)20(12-21(29)25-23)18-7-9-19(10-8-18)24-16(3)28/h4-11,20H,12-13H2,1-3H3,(H,24,28)(H,25,29)/t20-/m1/s1. The van der Waals surface area contributed by atoms with Gasteiger partial charge in [0.05, 0.1) is 12.2 Å². The fourth-order valence-electron chi connectivity index (χ4n) is 4.00. The number of nitrogens with one attached hydrogen (secondary N) is 2. The van der Waals surface area contributed by atoms with Crippen molar-refractivity contribution in [3.05, 3.63) is 76.5 Å². The quantitative estimate of drug-likeness (QED) is 0.710. The van der Waals surface area contributed by atoms with E-state index in [4.69, 9.17) is 5.10 Å². The number of aryl methyl sites for hydroxylation is 2. The first-order valence-corrected chi connectivity index (χ1v) is 9.71. The summed E-state index contributed by atoms with van der Waals surface area (Å²) in [6.07, 6.45) is 0.378. The minimum atomic E-state index is -0.106. The van der Waals surface area contributed by atoms with E-state index in [2.05, 4.69) is 35.8 Å². The number of nitrogens with zero attached hydrogens (tertiary/aromatic N) is 2. The van der Waals surface area contributed by atoms with Crippen molar-refractivity contribution in [1.29, 1.82) is 0 Å². The second-order valence-electron chi connectivity index (χ2n) is 7.60. The molecule has 0 bridgehead atoms. The lowest BCUT2D eigenvalue weighted by atomic mass is 9.85. The van der Waals surface area contributed by atoms with Crippen LogP contribution in [-0.2, 0) is 16.1 Å². The minimum absolute atomic E-state index is 0.0150. The number of aromatic nitrogens is 2. The fraction of sp³-hybridized carbons (Fsp3) is 0.261. The Hall–Kier alpha value is -3.41. The van der Waals surface area contributed by atoms with Gasteiger partial charge in [-0.2, -0.15) is 5.10 Å². The van der Waals surface area contributed by atoms with Crippen LogP contribution in [0, 0.1) is 13.8 Å². The molecule has 0 radical (unpaired) electrons. The lowest BCUT2D eigenvalue weighted by molar-refractivity contribution is -0.117. The second kappa shape index (κ2) is 7.54. The van der Waals surface area contributed by atoms with Gasteiger partial charge in [0.25, 0.3) is 0 Å². The minimum Gasteiger partial charge on any atom is -0.326 e. The molecule has 2 amide bonds. The highest BCUT2D eigenvalue weighted by Crippen LogP contribution is 2.39. The zero-order chi connectivity index (χ0) is 20.5. The lowest BCUT2D eigenvalue weighted by Gasteiger charge is -2.24. The van der Waals surface area contributed by atoms with E-state index in [1.807, 2.05) is 41.9 Å². The average molecular weight is 388 g/mol. The van der Waals surface area contributed by atoms with Crippen LogP contribution in [0.1, 0.15) is 47.2 Å². The SMILES string of the molecule is CC(=O)Nc1ccc([C@H]2CC(=O)Nc3c2c(C)nn3Cc2cccc(C)c2)cc1. The molecule has 1 aromatic heterocycles. The van der Waals surface area contributed by atoms with Crippen molar-refractivity contribution in [3.63, 3.8) is 0 Å². The van der Waals surface area contributed by atoms with Gasteiger partial charge in [0.1, 0.15) is 5.82 Å². The third-order valence-electron chi connectivity index (χ3n) is 5.22. The molecule has 2 aromatic carbocycles. The smallest absolute Gasteiger partial charge is 0.226 e. The van der Waals surface area contributed by atoms with Gasteiger partial charge in [-0.1, -0.05) is 42.0 Å². The van der Waals surface area contributed by atoms with Crippen LogP contribution in [0.25, 0.3) is 0 Å². The Labute approximate surface area is 169 Å². The van der Waals surface area contributed by atoms with Crippen LogP contribution in [0.15, 0.2) is 48.5 Å². The van der Waals surface area contributed by atoms with Gasteiger partial charge < -0.3 is 10.6 Å². The predicted molar refractivity (Wildman–Crippen MR) is 113 cm³/mol. The average Bonchev–Trinajstić information content (AvgIpc) is 2.96. The van der Waals surface area contributed by atoms with Crippen molar-refractivity contribution in [3.8, 4) is 0 Å². The van der Waals surface area contributed by atoms with Gasteiger partial charge in [-0.25, -0.2) is 4.68 Å². The molecular weight excluding hydrogens is 364 g/mol. The van der Waals surface area contributed by atoms with Crippen LogP contribution in [0.5, 0.6) is 0 Å². The zero-order valence-corrected chi connectivity index (χ0v) is 16.8. The number of anilines is 2. The van der Waals surface area contributed by atoms with Crippen LogP contribution < -0.4 is 10.6 Å². The molecule has 0 aliphatic carbocycles. The summed E-state index contributed by atoms with van der Waals surface area (Å²) in [6, 6.07) is 16.0. The Morgan fingerprint density at radius 3 is 2.66 bits per heavy atom. The molecule has 0 spiro atoms. The van der Waals surface area contributed by atoms with Gasteiger partial charge in [-0.3, -0.25) is 9.59 Å². The Morgan fingerprint density at radius 2 is 1.97 bits per heavy atom. The zero-order valence-electron chi connectivity index (χ0n) is 16.8. The van der Waals surface area contributed by atoms with Gasteiger partial charge in [-0.05, 0) is 37.1 Å². The van der Waals surface area contributed by atoms with Crippen LogP contribution in [0.3, 0.4) is 0 Å². The maximum absolute atomic E-state index is 12.5. The van der Waals surface area contributed by atoms with Crippen LogP contribution in [-0.4, -0.2) is 21.6 Å². The number of hydrogen-bond donors (Lipinski definition) is 2. The normalized spacial score (nSPS) is 15.6. The van der Waals surface area contributed by atoms with Gasteiger partial charge >= 0.3 is 0 Å². The molecule has 0 saturated heterocycles. The van der Waals surface area contributed by atoms with Crippen LogP contribution in [0.2, 0.25) is 0 Å². The summed E-state index contributed by atoms with van der Waals surface area (Å²) in [7, 11) is 0. The number of carbonyl (C=O) groups is 2. The molecule has 0 unspecified atom stereocenters. The number of amides is 2. The van der Waals surface area contributed by atoms with E-state index in [0.29, 0.717) is 13.0 Å². The van der Waals surface area contributed by atoms with Crippen molar-refractivity contribution in [2.24, 2.45) is 0 Å². The third-order valence-corrected chi connectivity index (χ3v) is 5.22. The molecule has 1 atom stereocenters. The van der Waals surface area contributed by atoms with E-state index in [9.17, 15) is 9.59 Å². The largest absolute Gasteiger partial charge is 0.326 e. The number of carbonyl (C=O) groups excluding carboxylic acids is 2. The number of fused-ring (bicyclic) bond motifs is 1. The maximum Gasteiger partial charge on any atom is 0.226 e. The Bertz CT molecular complexity index is 1080. The monoisotopic (exact) mass is 388 g/mol. The van der Waals surface area contributed by atoms with E-state index < -0.39 is 0 Å². The first-order chi connectivity index (χ1) is 13.9. The highest BCUT2D eigenvalue weighted by molar-refractivity contribution is 5.94. The van der Waals surface area contributed by atoms with E-state index in [-0.39, 0.29) is 17.7 Å². The molecule has 1 aliphatic rings. The highest BCUT2D eigenvalue weighted by Gasteiger charge is 2.32. The van der Waals surface area contributed by atoms with Gasteiger partial charge in [0.15, 0.2) is 0 Å². The van der Waals surface area contributed by atoms with Crippen LogP contribution in [0.4, 0.5) is 11.5 Å². The fourth-order valence-corrected chi connectivity index (χ4v) is 4.00. The molecule has 148 valence electrons. The molecule has 6 heteroatoms. The molecule has 4 rings (SSSR count). The van der Waals surface area contributed by atoms with E-state index in [1.54, 1.807) is 0 Å². The number of rotatable bonds is 4. The summed E-state index contributed by atoms with van der Waals surface area (Å²) >= 11 is 0.